The normalized spacial score (nSPS) is 10.7. The van der Waals surface area contributed by atoms with Crippen molar-refractivity contribution in [2.75, 3.05) is 6.61 Å². The van der Waals surface area contributed by atoms with Gasteiger partial charge < -0.3 is 4.74 Å². The molecular weight excluding hydrogens is 312 g/mol. The van der Waals surface area contributed by atoms with Gasteiger partial charge >= 0.3 is 0 Å². The largest absolute Gasteiger partial charge is 0.494 e. The Morgan fingerprint density at radius 2 is 1.87 bits per heavy atom. The minimum Gasteiger partial charge on any atom is -0.494 e. The zero-order valence-corrected chi connectivity index (χ0v) is 13.7. The van der Waals surface area contributed by atoms with Crippen molar-refractivity contribution in [3.05, 3.63) is 64.7 Å². The van der Waals surface area contributed by atoms with Crippen LogP contribution in [-0.4, -0.2) is 18.7 Å². The Hall–Kier alpha value is -2.33. The maximum atomic E-state index is 11.9. The number of hydrogen-bond acceptors (Lipinski definition) is 3. The highest BCUT2D eigenvalue weighted by Crippen LogP contribution is 2.12. The van der Waals surface area contributed by atoms with Crippen LogP contribution in [0.3, 0.4) is 0 Å². The number of halogens is 1. The van der Waals surface area contributed by atoms with Crippen molar-refractivity contribution < 1.29 is 9.53 Å². The molecule has 0 aliphatic carbocycles. The minimum atomic E-state index is -0.280. The van der Waals surface area contributed by atoms with Crippen molar-refractivity contribution in [2.45, 2.75) is 19.8 Å². The Bertz CT molecular complexity index is 652. The van der Waals surface area contributed by atoms with Gasteiger partial charge in [0.25, 0.3) is 5.91 Å². The van der Waals surface area contributed by atoms with Gasteiger partial charge in [-0.1, -0.05) is 24.9 Å². The molecular formula is C18H19ClN2O2. The molecule has 0 saturated heterocycles. The van der Waals surface area contributed by atoms with Gasteiger partial charge in [0.05, 0.1) is 12.8 Å². The Balaban J connectivity index is 1.85. The smallest absolute Gasteiger partial charge is 0.271 e. The van der Waals surface area contributed by atoms with Gasteiger partial charge in [0, 0.05) is 10.6 Å². The van der Waals surface area contributed by atoms with E-state index >= 15 is 0 Å². The van der Waals surface area contributed by atoms with Crippen LogP contribution >= 0.6 is 11.6 Å². The molecule has 0 saturated carbocycles. The molecule has 4 nitrogen and oxygen atoms in total. The number of unbranched alkanes of at least 4 members (excludes halogenated alkanes) is 1. The molecule has 0 fully saturated rings. The third-order valence-electron chi connectivity index (χ3n) is 3.13. The number of benzene rings is 2. The second-order valence-electron chi connectivity index (χ2n) is 4.98. The predicted octanol–water partition coefficient (Wildman–Crippen LogP) is 4.28. The number of carbonyl (C=O) groups excluding carboxylic acids is 1. The Labute approximate surface area is 141 Å². The lowest BCUT2D eigenvalue weighted by Gasteiger charge is -2.05. The van der Waals surface area contributed by atoms with Crippen LogP contribution < -0.4 is 10.2 Å². The molecule has 2 aromatic carbocycles. The molecule has 2 rings (SSSR count). The number of amides is 1. The summed E-state index contributed by atoms with van der Waals surface area (Å²) < 4.78 is 5.59. The van der Waals surface area contributed by atoms with E-state index in [4.69, 9.17) is 16.3 Å². The average Bonchev–Trinajstić information content (AvgIpc) is 2.57. The fourth-order valence-corrected chi connectivity index (χ4v) is 1.94. The van der Waals surface area contributed by atoms with Crippen molar-refractivity contribution in [3.63, 3.8) is 0 Å². The monoisotopic (exact) mass is 330 g/mol. The highest BCUT2D eigenvalue weighted by atomic mass is 35.5. The Kier molecular flexibility index (Phi) is 6.63. The third kappa shape index (κ3) is 5.75. The highest BCUT2D eigenvalue weighted by molar-refractivity contribution is 6.30. The van der Waals surface area contributed by atoms with E-state index in [2.05, 4.69) is 17.5 Å². The maximum absolute atomic E-state index is 11.9. The number of hydrazone groups is 1. The molecule has 1 amide bonds. The van der Waals surface area contributed by atoms with Gasteiger partial charge in [-0.25, -0.2) is 5.43 Å². The summed E-state index contributed by atoms with van der Waals surface area (Å²) in [5.41, 5.74) is 3.86. The van der Waals surface area contributed by atoms with Crippen molar-refractivity contribution in [1.82, 2.24) is 5.43 Å². The summed E-state index contributed by atoms with van der Waals surface area (Å²) in [5, 5.41) is 4.54. The quantitative estimate of drug-likeness (QED) is 0.468. The first-order valence-corrected chi connectivity index (χ1v) is 7.88. The molecule has 0 heterocycles. The van der Waals surface area contributed by atoms with Crippen molar-refractivity contribution in [2.24, 2.45) is 5.10 Å². The molecule has 23 heavy (non-hydrogen) atoms. The van der Waals surface area contributed by atoms with Crippen molar-refractivity contribution >= 4 is 23.7 Å². The number of hydrogen-bond donors (Lipinski definition) is 1. The van der Waals surface area contributed by atoms with Crippen LogP contribution in [0.15, 0.2) is 53.6 Å². The summed E-state index contributed by atoms with van der Waals surface area (Å²) >= 11 is 5.78. The fraction of sp³-hybridized carbons (Fsp3) is 0.222. The Morgan fingerprint density at radius 1 is 1.17 bits per heavy atom. The summed E-state index contributed by atoms with van der Waals surface area (Å²) in [4.78, 5) is 11.9. The van der Waals surface area contributed by atoms with Gasteiger partial charge in [-0.3, -0.25) is 4.79 Å². The number of nitrogens with zero attached hydrogens (tertiary/aromatic N) is 1. The molecule has 0 unspecified atom stereocenters. The van der Waals surface area contributed by atoms with E-state index in [1.165, 1.54) is 0 Å². The van der Waals surface area contributed by atoms with Gasteiger partial charge in [-0.15, -0.1) is 0 Å². The highest BCUT2D eigenvalue weighted by Gasteiger charge is 2.03. The van der Waals surface area contributed by atoms with E-state index in [1.54, 1.807) is 30.5 Å². The molecule has 5 heteroatoms. The molecule has 1 N–H and O–H groups in total. The second kappa shape index (κ2) is 8.96. The van der Waals surface area contributed by atoms with Crippen LogP contribution in [0.5, 0.6) is 5.75 Å². The van der Waals surface area contributed by atoms with Gasteiger partial charge in [-0.05, 0) is 60.5 Å². The summed E-state index contributed by atoms with van der Waals surface area (Å²) in [6.45, 7) is 2.85. The second-order valence-corrected chi connectivity index (χ2v) is 5.41. The van der Waals surface area contributed by atoms with Gasteiger partial charge in [0.15, 0.2) is 0 Å². The van der Waals surface area contributed by atoms with E-state index in [1.807, 2.05) is 24.3 Å². The lowest BCUT2D eigenvalue weighted by molar-refractivity contribution is 0.0955. The van der Waals surface area contributed by atoms with E-state index in [9.17, 15) is 4.79 Å². The van der Waals surface area contributed by atoms with E-state index in [0.29, 0.717) is 10.6 Å². The molecule has 0 spiro atoms. The van der Waals surface area contributed by atoms with Crippen LogP contribution in [0.2, 0.25) is 5.02 Å². The van der Waals surface area contributed by atoms with Crippen molar-refractivity contribution in [1.29, 1.82) is 0 Å². The van der Waals surface area contributed by atoms with Crippen LogP contribution in [0, 0.1) is 0 Å². The Morgan fingerprint density at radius 3 is 2.52 bits per heavy atom. The van der Waals surface area contributed by atoms with Crippen LogP contribution in [0.1, 0.15) is 35.7 Å². The van der Waals surface area contributed by atoms with Gasteiger partial charge in [-0.2, -0.15) is 5.10 Å². The fourth-order valence-electron chi connectivity index (χ4n) is 1.82. The lowest BCUT2D eigenvalue weighted by atomic mass is 10.2. The third-order valence-corrected chi connectivity index (χ3v) is 3.38. The van der Waals surface area contributed by atoms with Gasteiger partial charge in [0.1, 0.15) is 5.75 Å². The minimum absolute atomic E-state index is 0.280. The first kappa shape index (κ1) is 17.0. The molecule has 0 atom stereocenters. The first-order valence-electron chi connectivity index (χ1n) is 7.51. The molecule has 0 bridgehead atoms. The van der Waals surface area contributed by atoms with Crippen LogP contribution in [-0.2, 0) is 0 Å². The molecule has 120 valence electrons. The van der Waals surface area contributed by atoms with Gasteiger partial charge in [0.2, 0.25) is 0 Å². The zero-order chi connectivity index (χ0) is 16.5. The number of carbonyl (C=O) groups is 1. The summed E-state index contributed by atoms with van der Waals surface area (Å²) in [5.74, 6) is 0.554. The van der Waals surface area contributed by atoms with E-state index in [-0.39, 0.29) is 5.91 Å². The number of rotatable bonds is 7. The number of nitrogens with one attached hydrogen (secondary N) is 1. The molecule has 0 aromatic heterocycles. The maximum Gasteiger partial charge on any atom is 0.271 e. The summed E-state index contributed by atoms with van der Waals surface area (Å²) in [7, 11) is 0. The number of ether oxygens (including phenoxy) is 1. The topological polar surface area (TPSA) is 50.7 Å². The SMILES string of the molecule is CCCCOc1ccc(/C=N/NC(=O)c2ccc(Cl)cc2)cc1. The molecule has 0 aliphatic heterocycles. The van der Waals surface area contributed by atoms with Crippen molar-refractivity contribution in [3.8, 4) is 5.75 Å². The lowest BCUT2D eigenvalue weighted by Crippen LogP contribution is -2.17. The van der Waals surface area contributed by atoms with Crippen LogP contribution in [0.25, 0.3) is 0 Å². The molecule has 0 radical (unpaired) electrons. The summed E-state index contributed by atoms with van der Waals surface area (Å²) in [6, 6.07) is 14.2. The van der Waals surface area contributed by atoms with Crippen LogP contribution in [0.4, 0.5) is 0 Å². The molecule has 2 aromatic rings. The first-order chi connectivity index (χ1) is 11.2. The zero-order valence-electron chi connectivity index (χ0n) is 13.0. The molecule has 0 aliphatic rings. The summed E-state index contributed by atoms with van der Waals surface area (Å²) in [6.07, 6.45) is 3.74. The van der Waals surface area contributed by atoms with E-state index < -0.39 is 0 Å². The average molecular weight is 331 g/mol. The van der Waals surface area contributed by atoms with E-state index in [0.717, 1.165) is 30.8 Å². The predicted molar refractivity (Wildman–Crippen MR) is 93.4 cm³/mol. The standard InChI is InChI=1S/C18H19ClN2O2/c1-2-3-12-23-17-10-4-14(5-11-17)13-20-21-18(22)15-6-8-16(19)9-7-15/h4-11,13H,2-3,12H2,1H3,(H,21,22)/b20-13+.